The molecule has 0 radical (unpaired) electrons. The van der Waals surface area contributed by atoms with Gasteiger partial charge in [-0.1, -0.05) is 37.3 Å². The first kappa shape index (κ1) is 12.7. The molecular formula is C13H18N2O. The van der Waals surface area contributed by atoms with Crippen LogP contribution in [-0.4, -0.2) is 17.8 Å². The van der Waals surface area contributed by atoms with E-state index in [-0.39, 0.29) is 18.6 Å². The van der Waals surface area contributed by atoms with E-state index < -0.39 is 0 Å². The third-order valence-electron chi connectivity index (χ3n) is 2.74. The molecular weight excluding hydrogens is 200 g/mol. The average molecular weight is 218 g/mol. The van der Waals surface area contributed by atoms with Crippen LogP contribution in [0.25, 0.3) is 0 Å². The second kappa shape index (κ2) is 7.00. The molecule has 0 aliphatic heterocycles. The number of benzene rings is 1. The normalized spacial score (nSPS) is 14.1. The summed E-state index contributed by atoms with van der Waals surface area (Å²) in [6.45, 7) is 2.70. The first-order chi connectivity index (χ1) is 7.81. The minimum atomic E-state index is -0.282. The van der Waals surface area contributed by atoms with Crippen LogP contribution in [0.3, 0.4) is 0 Å². The van der Waals surface area contributed by atoms with E-state index >= 15 is 0 Å². The van der Waals surface area contributed by atoms with Crippen LogP contribution in [0, 0.1) is 17.2 Å². The molecule has 1 unspecified atom stereocenters. The first-order valence-electron chi connectivity index (χ1n) is 5.59. The van der Waals surface area contributed by atoms with Crippen LogP contribution in [-0.2, 0) is 6.54 Å². The van der Waals surface area contributed by atoms with Gasteiger partial charge in [-0.3, -0.25) is 5.32 Å². The minimum Gasteiger partial charge on any atom is -0.396 e. The zero-order valence-electron chi connectivity index (χ0n) is 9.56. The van der Waals surface area contributed by atoms with Crippen LogP contribution in [0.5, 0.6) is 0 Å². The first-order valence-corrected chi connectivity index (χ1v) is 5.59. The average Bonchev–Trinajstić information content (AvgIpc) is 2.35. The molecule has 1 rings (SSSR count). The Hall–Kier alpha value is -1.37. The molecule has 3 nitrogen and oxygen atoms in total. The molecule has 0 saturated carbocycles. The molecule has 0 aromatic heterocycles. The summed E-state index contributed by atoms with van der Waals surface area (Å²) in [5, 5.41) is 21.3. The fourth-order valence-electron chi connectivity index (χ4n) is 1.61. The number of aliphatic hydroxyl groups is 1. The van der Waals surface area contributed by atoms with E-state index in [2.05, 4.69) is 11.4 Å². The predicted octanol–water partition coefficient (Wildman–Crippen LogP) is 1.69. The topological polar surface area (TPSA) is 56.0 Å². The van der Waals surface area contributed by atoms with E-state index in [0.29, 0.717) is 6.54 Å². The van der Waals surface area contributed by atoms with Gasteiger partial charge in [-0.05, 0) is 12.0 Å². The maximum atomic E-state index is 9.13. The van der Waals surface area contributed by atoms with Crippen molar-refractivity contribution in [1.29, 1.82) is 5.26 Å². The van der Waals surface area contributed by atoms with Crippen molar-refractivity contribution in [2.45, 2.75) is 25.9 Å². The number of nitriles is 1. The molecule has 2 atom stereocenters. The van der Waals surface area contributed by atoms with Crippen LogP contribution in [0.2, 0.25) is 0 Å². The minimum absolute atomic E-state index is 0.00807. The van der Waals surface area contributed by atoms with Gasteiger partial charge in [-0.25, -0.2) is 0 Å². The molecule has 0 bridgehead atoms. The summed E-state index contributed by atoms with van der Waals surface area (Å²) >= 11 is 0. The van der Waals surface area contributed by atoms with Crippen LogP contribution >= 0.6 is 0 Å². The highest BCUT2D eigenvalue weighted by Gasteiger charge is 2.17. The number of hydrogen-bond donors (Lipinski definition) is 2. The lowest BCUT2D eigenvalue weighted by molar-refractivity contribution is 0.201. The second-order valence-corrected chi connectivity index (χ2v) is 3.82. The molecule has 0 aliphatic rings. The number of hydrogen-bond acceptors (Lipinski definition) is 3. The van der Waals surface area contributed by atoms with Crippen molar-refractivity contribution < 1.29 is 5.11 Å². The van der Waals surface area contributed by atoms with Gasteiger partial charge in [0.25, 0.3) is 0 Å². The van der Waals surface area contributed by atoms with Crippen molar-refractivity contribution in [2.24, 2.45) is 5.92 Å². The van der Waals surface area contributed by atoms with E-state index in [4.69, 9.17) is 10.4 Å². The van der Waals surface area contributed by atoms with Gasteiger partial charge in [0.1, 0.15) is 6.04 Å². The van der Waals surface area contributed by atoms with Crippen molar-refractivity contribution in [3.63, 3.8) is 0 Å². The lowest BCUT2D eigenvalue weighted by atomic mass is 9.99. The molecule has 3 heteroatoms. The molecule has 0 aliphatic carbocycles. The highest BCUT2D eigenvalue weighted by atomic mass is 16.3. The van der Waals surface area contributed by atoms with Crippen molar-refractivity contribution in [2.75, 3.05) is 6.61 Å². The Kier molecular flexibility index (Phi) is 5.55. The zero-order valence-corrected chi connectivity index (χ0v) is 9.56. The SMILES string of the molecule is CC[C@H](CO)C(C#N)NCc1ccccc1. The summed E-state index contributed by atoms with van der Waals surface area (Å²) in [7, 11) is 0. The maximum absolute atomic E-state index is 9.13. The quantitative estimate of drug-likeness (QED) is 0.764. The van der Waals surface area contributed by atoms with Gasteiger partial charge in [0.05, 0.1) is 6.07 Å². The number of rotatable bonds is 6. The maximum Gasteiger partial charge on any atom is 0.101 e. The molecule has 0 fully saturated rings. The Morgan fingerprint density at radius 3 is 2.56 bits per heavy atom. The van der Waals surface area contributed by atoms with Crippen molar-refractivity contribution in [3.8, 4) is 6.07 Å². The molecule has 0 spiro atoms. The summed E-state index contributed by atoms with van der Waals surface area (Å²) in [5.74, 6) is 0.00807. The van der Waals surface area contributed by atoms with Gasteiger partial charge in [-0.2, -0.15) is 5.26 Å². The van der Waals surface area contributed by atoms with Gasteiger partial charge in [-0.15, -0.1) is 0 Å². The monoisotopic (exact) mass is 218 g/mol. The molecule has 0 saturated heterocycles. The molecule has 0 heterocycles. The molecule has 16 heavy (non-hydrogen) atoms. The van der Waals surface area contributed by atoms with Gasteiger partial charge >= 0.3 is 0 Å². The van der Waals surface area contributed by atoms with E-state index in [1.165, 1.54) is 0 Å². The van der Waals surface area contributed by atoms with E-state index in [1.807, 2.05) is 37.3 Å². The second-order valence-electron chi connectivity index (χ2n) is 3.82. The molecule has 86 valence electrons. The third-order valence-corrected chi connectivity index (χ3v) is 2.74. The van der Waals surface area contributed by atoms with E-state index in [9.17, 15) is 0 Å². The summed E-state index contributed by atoms with van der Waals surface area (Å²) in [5.41, 5.74) is 1.15. The largest absolute Gasteiger partial charge is 0.396 e. The Morgan fingerprint density at radius 2 is 2.06 bits per heavy atom. The van der Waals surface area contributed by atoms with Crippen LogP contribution in [0.4, 0.5) is 0 Å². The Labute approximate surface area is 96.7 Å². The lowest BCUT2D eigenvalue weighted by Crippen LogP contribution is -2.36. The molecule has 0 amide bonds. The highest BCUT2D eigenvalue weighted by molar-refractivity contribution is 5.14. The summed E-state index contributed by atoms with van der Waals surface area (Å²) in [4.78, 5) is 0. The van der Waals surface area contributed by atoms with Crippen LogP contribution in [0.1, 0.15) is 18.9 Å². The Balaban J connectivity index is 2.49. The lowest BCUT2D eigenvalue weighted by Gasteiger charge is -2.19. The van der Waals surface area contributed by atoms with E-state index in [0.717, 1.165) is 12.0 Å². The molecule has 2 N–H and O–H groups in total. The van der Waals surface area contributed by atoms with Gasteiger partial charge in [0, 0.05) is 19.1 Å². The van der Waals surface area contributed by atoms with Crippen LogP contribution < -0.4 is 5.32 Å². The smallest absolute Gasteiger partial charge is 0.101 e. The predicted molar refractivity (Wildman–Crippen MR) is 63.5 cm³/mol. The van der Waals surface area contributed by atoms with Crippen molar-refractivity contribution in [3.05, 3.63) is 35.9 Å². The number of nitrogens with one attached hydrogen (secondary N) is 1. The standard InChI is InChI=1S/C13H18N2O/c1-2-12(10-16)13(8-14)15-9-11-6-4-3-5-7-11/h3-7,12-13,15-16H,2,9-10H2,1H3/t12-,13?/m1/s1. The highest BCUT2D eigenvalue weighted by Crippen LogP contribution is 2.08. The summed E-state index contributed by atoms with van der Waals surface area (Å²) in [6, 6.07) is 11.9. The number of aliphatic hydroxyl groups excluding tert-OH is 1. The Morgan fingerprint density at radius 1 is 1.38 bits per heavy atom. The molecule has 1 aromatic rings. The Bertz CT molecular complexity index is 328. The molecule has 1 aromatic carbocycles. The third kappa shape index (κ3) is 3.65. The van der Waals surface area contributed by atoms with Gasteiger partial charge in [0.15, 0.2) is 0 Å². The van der Waals surface area contributed by atoms with Crippen molar-refractivity contribution in [1.82, 2.24) is 5.32 Å². The summed E-state index contributed by atoms with van der Waals surface area (Å²) in [6.07, 6.45) is 0.802. The number of nitrogens with zero attached hydrogens (tertiary/aromatic N) is 1. The zero-order chi connectivity index (χ0) is 11.8. The fraction of sp³-hybridized carbons (Fsp3) is 0.462. The fourth-order valence-corrected chi connectivity index (χ4v) is 1.61. The van der Waals surface area contributed by atoms with Crippen molar-refractivity contribution >= 4 is 0 Å². The van der Waals surface area contributed by atoms with E-state index in [1.54, 1.807) is 0 Å². The summed E-state index contributed by atoms with van der Waals surface area (Å²) < 4.78 is 0. The van der Waals surface area contributed by atoms with Gasteiger partial charge < -0.3 is 5.11 Å². The van der Waals surface area contributed by atoms with Crippen LogP contribution in [0.15, 0.2) is 30.3 Å². The van der Waals surface area contributed by atoms with Gasteiger partial charge in [0.2, 0.25) is 0 Å².